The molecule has 6 heterocycles. The number of ether oxygens (including phenoxy) is 1. The SMILES string of the molecule is CN1CC(OC(C)(C)C)C1.Cc1cc(-c2ccnc(Nc3cnn(CCN4C(c5ncccc5C)CCCC4c4ncccc4C)c3)n2)ccc1CNC=O. The lowest BCUT2D eigenvalue weighted by Crippen LogP contribution is -2.52. The van der Waals surface area contributed by atoms with Crippen LogP contribution in [0.4, 0.5) is 11.6 Å². The van der Waals surface area contributed by atoms with E-state index in [1.54, 1.807) is 6.20 Å². The molecule has 1 aromatic carbocycles. The highest BCUT2D eigenvalue weighted by atomic mass is 16.5. The van der Waals surface area contributed by atoms with Gasteiger partial charge in [0.2, 0.25) is 12.4 Å². The van der Waals surface area contributed by atoms with Crippen LogP contribution in [0, 0.1) is 20.8 Å². The molecule has 2 saturated heterocycles. The third-order valence-corrected chi connectivity index (χ3v) is 10.2. The number of likely N-dealkylation sites (N-methyl/N-ethyl adjacent to an activating group) is 1. The van der Waals surface area contributed by atoms with E-state index in [-0.39, 0.29) is 17.7 Å². The molecule has 4 aromatic heterocycles. The number of nitrogens with zero attached hydrogens (tertiary/aromatic N) is 8. The highest BCUT2D eigenvalue weighted by Crippen LogP contribution is 2.42. The predicted octanol–water partition coefficient (Wildman–Crippen LogP) is 7.13. The van der Waals surface area contributed by atoms with Crippen LogP contribution in [-0.4, -0.2) is 84.3 Å². The van der Waals surface area contributed by atoms with Crippen LogP contribution in [0.1, 0.15) is 85.8 Å². The minimum Gasteiger partial charge on any atom is -0.370 e. The first kappa shape index (κ1) is 39.6. The van der Waals surface area contributed by atoms with Gasteiger partial charge in [-0.05, 0) is 114 Å². The zero-order valence-corrected chi connectivity index (χ0v) is 33.4. The number of anilines is 2. The lowest BCUT2D eigenvalue weighted by atomic mass is 9.89. The van der Waals surface area contributed by atoms with Gasteiger partial charge in [-0.15, -0.1) is 0 Å². The summed E-state index contributed by atoms with van der Waals surface area (Å²) in [5, 5.41) is 10.7. The largest absolute Gasteiger partial charge is 0.370 e. The number of piperidine rings is 1. The summed E-state index contributed by atoms with van der Waals surface area (Å²) in [5.41, 5.74) is 9.56. The molecule has 0 radical (unpaired) electrons. The Morgan fingerprint density at radius 2 is 1.56 bits per heavy atom. The summed E-state index contributed by atoms with van der Waals surface area (Å²) in [7, 11) is 2.11. The van der Waals surface area contributed by atoms with Gasteiger partial charge < -0.3 is 20.3 Å². The number of rotatable bonds is 12. The maximum atomic E-state index is 10.7. The third kappa shape index (κ3) is 10.6. The number of carbonyl (C=O) groups is 1. The van der Waals surface area contributed by atoms with Gasteiger partial charge >= 0.3 is 0 Å². The van der Waals surface area contributed by atoms with Crippen LogP contribution >= 0.6 is 0 Å². The van der Waals surface area contributed by atoms with Crippen LogP contribution in [0.15, 0.2) is 79.5 Å². The number of amides is 1. The summed E-state index contributed by atoms with van der Waals surface area (Å²) >= 11 is 0. The molecule has 2 aliphatic heterocycles. The van der Waals surface area contributed by atoms with Crippen molar-refractivity contribution in [3.63, 3.8) is 0 Å². The smallest absolute Gasteiger partial charge is 0.227 e. The van der Waals surface area contributed by atoms with Gasteiger partial charge in [0, 0.05) is 56.5 Å². The molecule has 0 bridgehead atoms. The van der Waals surface area contributed by atoms with Crippen molar-refractivity contribution in [3.8, 4) is 11.3 Å². The van der Waals surface area contributed by atoms with Gasteiger partial charge in [0.15, 0.2) is 0 Å². The number of aromatic nitrogens is 6. The molecule has 0 aliphatic carbocycles. The summed E-state index contributed by atoms with van der Waals surface area (Å²) in [6.45, 7) is 16.9. The van der Waals surface area contributed by atoms with Crippen molar-refractivity contribution in [2.45, 2.75) is 97.7 Å². The highest BCUT2D eigenvalue weighted by Gasteiger charge is 2.35. The monoisotopic (exact) mass is 744 g/mol. The zero-order chi connectivity index (χ0) is 39.0. The Morgan fingerprint density at radius 1 is 0.873 bits per heavy atom. The molecule has 2 aliphatic rings. The topological polar surface area (TPSA) is 126 Å². The van der Waals surface area contributed by atoms with E-state index in [9.17, 15) is 4.79 Å². The molecular formula is C43H56N10O2. The lowest BCUT2D eigenvalue weighted by molar-refractivity contribution is -0.117. The van der Waals surface area contributed by atoms with Gasteiger partial charge in [0.25, 0.3) is 0 Å². The third-order valence-electron chi connectivity index (χ3n) is 10.2. The first-order valence-electron chi connectivity index (χ1n) is 19.3. The Kier molecular flexibility index (Phi) is 13.0. The second-order valence-electron chi connectivity index (χ2n) is 15.7. The van der Waals surface area contributed by atoms with Gasteiger partial charge in [-0.2, -0.15) is 5.10 Å². The Balaban J connectivity index is 0.000000448. The van der Waals surface area contributed by atoms with E-state index in [1.165, 1.54) is 11.1 Å². The van der Waals surface area contributed by atoms with Gasteiger partial charge in [-0.25, -0.2) is 9.97 Å². The van der Waals surface area contributed by atoms with E-state index in [4.69, 9.17) is 19.7 Å². The van der Waals surface area contributed by atoms with E-state index < -0.39 is 0 Å². The van der Waals surface area contributed by atoms with E-state index in [0.29, 0.717) is 25.0 Å². The molecule has 12 heteroatoms. The second kappa shape index (κ2) is 18.1. The predicted molar refractivity (Wildman–Crippen MR) is 217 cm³/mol. The Bertz CT molecular complexity index is 1970. The number of hydrogen-bond acceptors (Lipinski definition) is 10. The molecule has 2 atom stereocenters. The quantitative estimate of drug-likeness (QED) is 0.128. The summed E-state index contributed by atoms with van der Waals surface area (Å²) in [6, 6.07) is 16.8. The van der Waals surface area contributed by atoms with Gasteiger partial charge in [-0.3, -0.25) is 24.3 Å². The Labute approximate surface area is 325 Å². The molecule has 290 valence electrons. The summed E-state index contributed by atoms with van der Waals surface area (Å²) in [4.78, 5) is 34.4. The number of benzene rings is 1. The summed E-state index contributed by atoms with van der Waals surface area (Å²) in [5.74, 6) is 0.504. The standard InChI is InChI=1S/C35H39N9O.C8H17NO/c1-24-7-5-14-37-33(24)31-9-4-10-32(34-25(2)8-6-15-38-34)44(31)18-17-43-22-29(21-40-43)41-35-39-16-13-30(42-35)27-11-12-28(20-36-23-45)26(3)19-27;1-8(2,3)10-7-5-9(4)6-7/h5-8,11-16,19,21-23,31-32H,4,9-10,17-18,20H2,1-3H3,(H,36,45)(H,39,41,42);7H,5-6H2,1-4H3. The van der Waals surface area contributed by atoms with Gasteiger partial charge in [0.1, 0.15) is 0 Å². The molecule has 2 unspecified atom stereocenters. The number of carbonyl (C=O) groups excluding carboxylic acids is 1. The number of hydrogen-bond donors (Lipinski definition) is 2. The maximum absolute atomic E-state index is 10.7. The van der Waals surface area contributed by atoms with Crippen molar-refractivity contribution in [2.75, 3.05) is 32.0 Å². The maximum Gasteiger partial charge on any atom is 0.227 e. The molecule has 1 amide bonds. The van der Waals surface area contributed by atoms with Crippen LogP contribution in [0.5, 0.6) is 0 Å². The molecule has 0 spiro atoms. The fourth-order valence-electron chi connectivity index (χ4n) is 7.54. The van der Waals surface area contributed by atoms with E-state index in [1.807, 2.05) is 66.7 Å². The highest BCUT2D eigenvalue weighted by molar-refractivity contribution is 5.63. The Hall–Kier alpha value is -5.04. The van der Waals surface area contributed by atoms with Crippen molar-refractivity contribution in [3.05, 3.63) is 113 Å². The normalized spacial score (nSPS) is 17.9. The van der Waals surface area contributed by atoms with Crippen LogP contribution in [0.25, 0.3) is 11.3 Å². The van der Waals surface area contributed by atoms with E-state index in [2.05, 4.69) is 90.4 Å². The Morgan fingerprint density at radius 3 is 2.16 bits per heavy atom. The first-order valence-corrected chi connectivity index (χ1v) is 19.3. The first-order chi connectivity index (χ1) is 26.5. The molecule has 2 N–H and O–H groups in total. The van der Waals surface area contributed by atoms with Crippen molar-refractivity contribution >= 4 is 18.0 Å². The number of likely N-dealkylation sites (tertiary alicyclic amines) is 2. The molecule has 55 heavy (non-hydrogen) atoms. The van der Waals surface area contributed by atoms with Crippen molar-refractivity contribution in [1.82, 2.24) is 44.8 Å². The van der Waals surface area contributed by atoms with Crippen LogP contribution in [0.2, 0.25) is 0 Å². The van der Waals surface area contributed by atoms with Crippen molar-refractivity contribution < 1.29 is 9.53 Å². The van der Waals surface area contributed by atoms with E-state index in [0.717, 1.165) is 84.9 Å². The molecule has 5 aromatic rings. The van der Waals surface area contributed by atoms with Crippen LogP contribution < -0.4 is 10.6 Å². The molecule has 2 fully saturated rings. The number of pyridine rings is 2. The zero-order valence-electron chi connectivity index (χ0n) is 33.4. The fraction of sp³-hybridized carbons (Fsp3) is 0.442. The van der Waals surface area contributed by atoms with Gasteiger partial charge in [-0.1, -0.05) is 24.3 Å². The summed E-state index contributed by atoms with van der Waals surface area (Å²) in [6.07, 6.45) is 13.8. The average Bonchev–Trinajstić information content (AvgIpc) is 3.60. The lowest BCUT2D eigenvalue weighted by Gasteiger charge is -2.42. The minimum absolute atomic E-state index is 0.0337. The van der Waals surface area contributed by atoms with E-state index >= 15 is 0 Å². The fourth-order valence-corrected chi connectivity index (χ4v) is 7.54. The molecule has 0 saturated carbocycles. The number of nitrogens with one attached hydrogen (secondary N) is 2. The van der Waals surface area contributed by atoms with Crippen LogP contribution in [0.3, 0.4) is 0 Å². The molecular weight excluding hydrogens is 689 g/mol. The number of aryl methyl sites for hydroxylation is 3. The van der Waals surface area contributed by atoms with Crippen LogP contribution in [-0.2, 0) is 22.6 Å². The second-order valence-corrected chi connectivity index (χ2v) is 15.7. The average molecular weight is 745 g/mol. The molecule has 7 rings (SSSR count). The minimum atomic E-state index is 0.0337. The molecule has 12 nitrogen and oxygen atoms in total. The van der Waals surface area contributed by atoms with Gasteiger partial charge in [0.05, 0.1) is 59.3 Å². The van der Waals surface area contributed by atoms with Crippen molar-refractivity contribution in [1.29, 1.82) is 0 Å². The summed E-state index contributed by atoms with van der Waals surface area (Å²) < 4.78 is 7.68. The van der Waals surface area contributed by atoms with Crippen molar-refractivity contribution in [2.24, 2.45) is 0 Å².